The number of rotatable bonds is 10. The molecule has 2 heterocycles. The van der Waals surface area contributed by atoms with Gasteiger partial charge >= 0.3 is 0 Å². The fourth-order valence-electron chi connectivity index (χ4n) is 4.01. The van der Waals surface area contributed by atoms with E-state index in [0.717, 1.165) is 41.4 Å². The lowest BCUT2D eigenvalue weighted by molar-refractivity contribution is 0.0614. The largest absolute Gasteiger partial charge is 0.491 e. The monoisotopic (exact) mass is 420 g/mol. The van der Waals surface area contributed by atoms with E-state index in [4.69, 9.17) is 4.74 Å². The summed E-state index contributed by atoms with van der Waals surface area (Å²) in [5, 5.41) is 21.3. The zero-order valence-corrected chi connectivity index (χ0v) is 18.0. The lowest BCUT2D eigenvalue weighted by atomic mass is 10.1. The van der Waals surface area contributed by atoms with E-state index < -0.39 is 6.10 Å². The normalized spacial score (nSPS) is 15.6. The molecule has 164 valence electrons. The molecule has 2 aromatic carbocycles. The molecule has 6 nitrogen and oxygen atoms in total. The second kappa shape index (κ2) is 11.1. The van der Waals surface area contributed by atoms with Gasteiger partial charge in [0, 0.05) is 36.5 Å². The SMILES string of the molecule is O[C@H](COc1ccccc1CNCc1cc(-c2ccccc2)n[nH]1)CN1CCCCC1. The molecule has 1 aromatic heterocycles. The van der Waals surface area contributed by atoms with Crippen LogP contribution in [0.4, 0.5) is 0 Å². The van der Waals surface area contributed by atoms with Crippen molar-refractivity contribution in [2.75, 3.05) is 26.2 Å². The fraction of sp³-hybridized carbons (Fsp3) is 0.400. The standard InChI is InChI=1S/C25H32N4O2/c30-23(18-29-13-7-2-8-14-29)19-31-25-12-6-5-11-21(25)16-26-17-22-15-24(28-27-22)20-9-3-1-4-10-20/h1,3-6,9-12,15,23,26,30H,2,7-8,13-14,16-19H2,(H,27,28)/t23-/m0/s1. The van der Waals surface area contributed by atoms with Crippen molar-refractivity contribution in [3.63, 3.8) is 0 Å². The summed E-state index contributed by atoms with van der Waals surface area (Å²) in [4.78, 5) is 2.33. The predicted molar refractivity (Wildman–Crippen MR) is 123 cm³/mol. The molecule has 1 aliphatic heterocycles. The minimum absolute atomic E-state index is 0.314. The highest BCUT2D eigenvalue weighted by Gasteiger charge is 2.15. The molecule has 3 aromatic rings. The highest BCUT2D eigenvalue weighted by Crippen LogP contribution is 2.19. The number of para-hydroxylation sites is 1. The van der Waals surface area contributed by atoms with Crippen LogP contribution in [0.5, 0.6) is 5.75 Å². The van der Waals surface area contributed by atoms with Gasteiger partial charge in [-0.1, -0.05) is 55.0 Å². The Morgan fingerprint density at radius 1 is 1.00 bits per heavy atom. The van der Waals surface area contributed by atoms with E-state index in [1.165, 1.54) is 19.3 Å². The van der Waals surface area contributed by atoms with Gasteiger partial charge in [0.25, 0.3) is 0 Å². The van der Waals surface area contributed by atoms with Crippen molar-refractivity contribution in [3.05, 3.63) is 71.9 Å². The van der Waals surface area contributed by atoms with Crippen molar-refractivity contribution in [2.24, 2.45) is 0 Å². The van der Waals surface area contributed by atoms with Gasteiger partial charge in [0.2, 0.25) is 0 Å². The first-order valence-corrected chi connectivity index (χ1v) is 11.2. The van der Waals surface area contributed by atoms with Crippen LogP contribution in [0.3, 0.4) is 0 Å². The lowest BCUT2D eigenvalue weighted by Crippen LogP contribution is -2.38. The Bertz CT molecular complexity index is 922. The number of ether oxygens (including phenoxy) is 1. The van der Waals surface area contributed by atoms with Crippen molar-refractivity contribution in [1.82, 2.24) is 20.4 Å². The van der Waals surface area contributed by atoms with Crippen LogP contribution in [-0.4, -0.2) is 52.5 Å². The molecule has 0 unspecified atom stereocenters. The molecule has 1 atom stereocenters. The summed E-state index contributed by atoms with van der Waals surface area (Å²) in [6.07, 6.45) is 3.28. The van der Waals surface area contributed by atoms with Crippen molar-refractivity contribution in [3.8, 4) is 17.0 Å². The molecule has 0 spiro atoms. The number of hydrogen-bond donors (Lipinski definition) is 3. The molecule has 6 heteroatoms. The zero-order valence-electron chi connectivity index (χ0n) is 18.0. The number of aromatic amines is 1. The van der Waals surface area contributed by atoms with Crippen molar-refractivity contribution >= 4 is 0 Å². The maximum absolute atomic E-state index is 10.4. The Balaban J connectivity index is 1.25. The van der Waals surface area contributed by atoms with Crippen molar-refractivity contribution in [2.45, 2.75) is 38.5 Å². The Hall–Kier alpha value is -2.67. The quantitative estimate of drug-likeness (QED) is 0.467. The molecule has 4 rings (SSSR count). The van der Waals surface area contributed by atoms with Gasteiger partial charge < -0.3 is 20.1 Å². The number of piperidine rings is 1. The third kappa shape index (κ3) is 6.40. The molecular weight excluding hydrogens is 388 g/mol. The smallest absolute Gasteiger partial charge is 0.123 e. The molecule has 1 fully saturated rings. The summed E-state index contributed by atoms with van der Waals surface area (Å²) in [5.41, 5.74) is 4.17. The molecule has 3 N–H and O–H groups in total. The van der Waals surface area contributed by atoms with E-state index in [9.17, 15) is 5.11 Å². The molecule has 0 bridgehead atoms. The van der Waals surface area contributed by atoms with E-state index in [-0.39, 0.29) is 0 Å². The van der Waals surface area contributed by atoms with Gasteiger partial charge in [-0.15, -0.1) is 0 Å². The predicted octanol–water partition coefficient (Wildman–Crippen LogP) is 3.59. The van der Waals surface area contributed by atoms with Crippen LogP contribution in [-0.2, 0) is 13.1 Å². The highest BCUT2D eigenvalue weighted by molar-refractivity contribution is 5.58. The minimum Gasteiger partial charge on any atom is -0.491 e. The van der Waals surface area contributed by atoms with Gasteiger partial charge in [-0.05, 0) is 38.1 Å². The first-order valence-electron chi connectivity index (χ1n) is 11.2. The van der Waals surface area contributed by atoms with Crippen LogP contribution in [0.25, 0.3) is 11.3 Å². The first kappa shape index (κ1) is 21.6. The topological polar surface area (TPSA) is 73.4 Å². The second-order valence-corrected chi connectivity index (χ2v) is 8.18. The number of benzene rings is 2. The van der Waals surface area contributed by atoms with Crippen LogP contribution in [0.2, 0.25) is 0 Å². The number of aromatic nitrogens is 2. The summed E-state index contributed by atoms with van der Waals surface area (Å²) >= 11 is 0. The fourth-order valence-corrected chi connectivity index (χ4v) is 4.01. The van der Waals surface area contributed by atoms with Gasteiger partial charge in [-0.2, -0.15) is 5.10 Å². The van der Waals surface area contributed by atoms with Gasteiger partial charge in [-0.25, -0.2) is 0 Å². The van der Waals surface area contributed by atoms with E-state index >= 15 is 0 Å². The minimum atomic E-state index is -0.472. The highest BCUT2D eigenvalue weighted by atomic mass is 16.5. The molecule has 1 aliphatic rings. The maximum Gasteiger partial charge on any atom is 0.123 e. The second-order valence-electron chi connectivity index (χ2n) is 8.18. The number of aliphatic hydroxyl groups is 1. The van der Waals surface area contributed by atoms with Gasteiger partial charge in [0.1, 0.15) is 18.5 Å². The molecule has 0 saturated carbocycles. The Kier molecular flexibility index (Phi) is 7.71. The third-order valence-corrected chi connectivity index (χ3v) is 5.65. The van der Waals surface area contributed by atoms with E-state index in [0.29, 0.717) is 26.2 Å². The lowest BCUT2D eigenvalue weighted by Gasteiger charge is -2.28. The molecule has 31 heavy (non-hydrogen) atoms. The van der Waals surface area contributed by atoms with Crippen LogP contribution in [0, 0.1) is 0 Å². The van der Waals surface area contributed by atoms with Gasteiger partial charge in [-0.3, -0.25) is 5.10 Å². The third-order valence-electron chi connectivity index (χ3n) is 5.65. The number of nitrogens with one attached hydrogen (secondary N) is 2. The van der Waals surface area contributed by atoms with E-state index in [1.54, 1.807) is 0 Å². The average Bonchev–Trinajstić information content (AvgIpc) is 3.29. The van der Waals surface area contributed by atoms with E-state index in [2.05, 4.69) is 44.7 Å². The van der Waals surface area contributed by atoms with Gasteiger partial charge in [0.05, 0.1) is 5.69 Å². The molecular formula is C25H32N4O2. The summed E-state index contributed by atoms with van der Waals surface area (Å²) < 4.78 is 5.97. The summed E-state index contributed by atoms with van der Waals surface area (Å²) in [6.45, 7) is 4.52. The Morgan fingerprint density at radius 3 is 2.61 bits per heavy atom. The Labute approximate surface area is 184 Å². The average molecular weight is 421 g/mol. The summed E-state index contributed by atoms with van der Waals surface area (Å²) in [7, 11) is 0. The van der Waals surface area contributed by atoms with Crippen molar-refractivity contribution < 1.29 is 9.84 Å². The van der Waals surface area contributed by atoms with E-state index in [1.807, 2.05) is 36.4 Å². The molecule has 0 aliphatic carbocycles. The van der Waals surface area contributed by atoms with Gasteiger partial charge in [0.15, 0.2) is 0 Å². The number of aliphatic hydroxyl groups excluding tert-OH is 1. The first-order chi connectivity index (χ1) is 15.3. The number of β-amino-alcohol motifs (C(OH)–C–C–N with tert-alkyl or cyclic N) is 1. The van der Waals surface area contributed by atoms with Crippen LogP contribution in [0.15, 0.2) is 60.7 Å². The molecule has 1 saturated heterocycles. The maximum atomic E-state index is 10.4. The van der Waals surface area contributed by atoms with Crippen LogP contribution >= 0.6 is 0 Å². The number of nitrogens with zero attached hydrogens (tertiary/aromatic N) is 2. The number of hydrogen-bond acceptors (Lipinski definition) is 5. The molecule has 0 amide bonds. The van der Waals surface area contributed by atoms with Crippen LogP contribution in [0.1, 0.15) is 30.5 Å². The molecule has 0 radical (unpaired) electrons. The van der Waals surface area contributed by atoms with Crippen LogP contribution < -0.4 is 10.1 Å². The van der Waals surface area contributed by atoms with Crippen molar-refractivity contribution in [1.29, 1.82) is 0 Å². The summed E-state index contributed by atoms with van der Waals surface area (Å²) in [6, 6.07) is 20.2. The summed E-state index contributed by atoms with van der Waals surface area (Å²) in [5.74, 6) is 0.822. The number of H-pyrrole nitrogens is 1. The number of likely N-dealkylation sites (tertiary alicyclic amines) is 1. The Morgan fingerprint density at radius 2 is 1.77 bits per heavy atom. The zero-order chi connectivity index (χ0) is 21.3.